The third-order valence-corrected chi connectivity index (χ3v) is 1.18. The van der Waals surface area contributed by atoms with Crippen LogP contribution in [0.1, 0.15) is 24.3 Å². The number of carbonyl (C=O) groups is 2. The van der Waals surface area contributed by atoms with Crippen molar-refractivity contribution in [1.82, 2.24) is 4.98 Å². The number of rotatable bonds is 2. The van der Waals surface area contributed by atoms with Crippen LogP contribution in [0.4, 0.5) is 0 Å². The first kappa shape index (κ1) is 12.2. The van der Waals surface area contributed by atoms with Crippen molar-refractivity contribution in [2.24, 2.45) is 0 Å². The van der Waals surface area contributed by atoms with Crippen molar-refractivity contribution in [3.05, 3.63) is 24.0 Å². The summed E-state index contributed by atoms with van der Waals surface area (Å²) in [5, 5.41) is 8.24. The van der Waals surface area contributed by atoms with Crippen LogP contribution in [0.25, 0.3) is 0 Å². The zero-order chi connectivity index (χ0) is 11.0. The molecule has 0 atom stereocenters. The third kappa shape index (κ3) is 5.82. The van der Waals surface area contributed by atoms with E-state index in [0.29, 0.717) is 6.61 Å². The maximum Gasteiger partial charge on any atom is 0.352 e. The summed E-state index contributed by atoms with van der Waals surface area (Å²) in [6, 6.07) is 3.14. The van der Waals surface area contributed by atoms with Crippen molar-refractivity contribution in [2.45, 2.75) is 13.8 Å². The van der Waals surface area contributed by atoms with Gasteiger partial charge in [0.1, 0.15) is 5.69 Å². The summed E-state index contributed by atoms with van der Waals surface area (Å²) >= 11 is 0. The number of esters is 1. The van der Waals surface area contributed by atoms with E-state index in [-0.39, 0.29) is 11.7 Å². The van der Waals surface area contributed by atoms with Crippen LogP contribution in [-0.2, 0) is 9.53 Å². The van der Waals surface area contributed by atoms with E-state index in [0.717, 1.165) is 0 Å². The molecular weight excluding hydrogens is 186 g/mol. The van der Waals surface area contributed by atoms with Gasteiger partial charge in [-0.05, 0) is 19.1 Å². The summed E-state index contributed by atoms with van der Waals surface area (Å²) < 4.78 is 4.40. The molecule has 0 unspecified atom stereocenters. The monoisotopic (exact) mass is 199 g/mol. The predicted molar refractivity (Wildman–Crippen MR) is 50.1 cm³/mol. The average Bonchev–Trinajstić information content (AvgIpc) is 2.56. The zero-order valence-electron chi connectivity index (χ0n) is 8.11. The fourth-order valence-corrected chi connectivity index (χ4v) is 0.667. The summed E-state index contributed by atoms with van der Waals surface area (Å²) in [5.41, 5.74) is 0.227. The highest BCUT2D eigenvalue weighted by atomic mass is 16.5. The van der Waals surface area contributed by atoms with E-state index in [1.54, 1.807) is 19.2 Å². The normalized spacial score (nSPS) is 8.43. The topological polar surface area (TPSA) is 79.4 Å². The highest BCUT2D eigenvalue weighted by Gasteiger charge is 1.98. The second kappa shape index (κ2) is 6.71. The first-order valence-electron chi connectivity index (χ1n) is 4.08. The Morgan fingerprint density at radius 3 is 2.36 bits per heavy atom. The number of carbonyl (C=O) groups excluding carboxylic acids is 1. The molecule has 2 N–H and O–H groups in total. The van der Waals surface area contributed by atoms with Crippen LogP contribution in [0, 0.1) is 0 Å². The van der Waals surface area contributed by atoms with Crippen molar-refractivity contribution < 1.29 is 19.4 Å². The number of H-pyrrole nitrogens is 1. The molecule has 0 aliphatic carbocycles. The Balaban J connectivity index is 0.000000255. The molecule has 5 nitrogen and oxygen atoms in total. The molecule has 1 heterocycles. The number of ether oxygens (including phenoxy) is 1. The highest BCUT2D eigenvalue weighted by Crippen LogP contribution is 1.91. The van der Waals surface area contributed by atoms with Gasteiger partial charge in [-0.2, -0.15) is 0 Å². The average molecular weight is 199 g/mol. The largest absolute Gasteiger partial charge is 0.477 e. The molecule has 1 rings (SSSR count). The van der Waals surface area contributed by atoms with E-state index in [4.69, 9.17) is 5.11 Å². The van der Waals surface area contributed by atoms with E-state index >= 15 is 0 Å². The van der Waals surface area contributed by atoms with Gasteiger partial charge in [-0.25, -0.2) is 4.79 Å². The lowest BCUT2D eigenvalue weighted by Crippen LogP contribution is -1.95. The van der Waals surface area contributed by atoms with E-state index in [1.165, 1.54) is 13.0 Å². The van der Waals surface area contributed by atoms with Crippen molar-refractivity contribution in [2.75, 3.05) is 6.61 Å². The third-order valence-electron chi connectivity index (χ3n) is 1.18. The minimum absolute atomic E-state index is 0.211. The first-order valence-corrected chi connectivity index (χ1v) is 4.08. The summed E-state index contributed by atoms with van der Waals surface area (Å²) in [4.78, 5) is 22.4. The van der Waals surface area contributed by atoms with Gasteiger partial charge in [0.25, 0.3) is 0 Å². The molecule has 0 aliphatic rings. The maximum absolute atomic E-state index is 10.0. The van der Waals surface area contributed by atoms with Gasteiger partial charge in [0.15, 0.2) is 0 Å². The molecule has 0 amide bonds. The number of aromatic carboxylic acids is 1. The number of carboxylic acids is 1. The molecule has 0 aromatic carbocycles. The lowest BCUT2D eigenvalue weighted by Gasteiger charge is -1.89. The summed E-state index contributed by atoms with van der Waals surface area (Å²) in [7, 11) is 0. The SMILES string of the molecule is CCOC(C)=O.O=C(O)c1ccc[nH]1. The van der Waals surface area contributed by atoms with E-state index in [9.17, 15) is 9.59 Å². The first-order chi connectivity index (χ1) is 6.57. The Bertz CT molecular complexity index is 279. The maximum atomic E-state index is 10.0. The standard InChI is InChI=1S/C5H5NO2.C4H8O2/c7-5(8)4-2-1-3-6-4;1-3-6-4(2)5/h1-3,6H,(H,7,8);3H2,1-2H3. The molecule has 1 aromatic rings. The van der Waals surface area contributed by atoms with Gasteiger partial charge in [0, 0.05) is 13.1 Å². The fraction of sp³-hybridized carbons (Fsp3) is 0.333. The quantitative estimate of drug-likeness (QED) is 0.703. The van der Waals surface area contributed by atoms with Crippen LogP contribution in [0.3, 0.4) is 0 Å². The Morgan fingerprint density at radius 1 is 1.57 bits per heavy atom. The molecule has 0 radical (unpaired) electrons. The highest BCUT2D eigenvalue weighted by molar-refractivity contribution is 5.85. The fourth-order valence-electron chi connectivity index (χ4n) is 0.667. The Hall–Kier alpha value is -1.78. The minimum Gasteiger partial charge on any atom is -0.477 e. The van der Waals surface area contributed by atoms with Crippen molar-refractivity contribution in [3.8, 4) is 0 Å². The molecule has 1 aromatic heterocycles. The predicted octanol–water partition coefficient (Wildman–Crippen LogP) is 1.28. The Kier molecular flexibility index (Phi) is 5.85. The number of hydrogen-bond donors (Lipinski definition) is 2. The Morgan fingerprint density at radius 2 is 2.21 bits per heavy atom. The number of hydrogen-bond acceptors (Lipinski definition) is 3. The molecule has 78 valence electrons. The second-order valence-electron chi connectivity index (χ2n) is 2.31. The second-order valence-corrected chi connectivity index (χ2v) is 2.31. The van der Waals surface area contributed by atoms with Gasteiger partial charge in [0.05, 0.1) is 6.61 Å². The van der Waals surface area contributed by atoms with Crippen LogP contribution in [0.15, 0.2) is 18.3 Å². The summed E-state index contributed by atoms with van der Waals surface area (Å²) in [6.45, 7) is 3.65. The molecule has 0 spiro atoms. The van der Waals surface area contributed by atoms with Crippen LogP contribution in [0.5, 0.6) is 0 Å². The van der Waals surface area contributed by atoms with Crippen LogP contribution >= 0.6 is 0 Å². The van der Waals surface area contributed by atoms with Gasteiger partial charge >= 0.3 is 11.9 Å². The van der Waals surface area contributed by atoms with Gasteiger partial charge in [-0.15, -0.1) is 0 Å². The molecule has 0 bridgehead atoms. The van der Waals surface area contributed by atoms with E-state index < -0.39 is 5.97 Å². The minimum atomic E-state index is -0.921. The van der Waals surface area contributed by atoms with Crippen molar-refractivity contribution in [1.29, 1.82) is 0 Å². The lowest BCUT2D eigenvalue weighted by molar-refractivity contribution is -0.140. The lowest BCUT2D eigenvalue weighted by atomic mass is 10.4. The van der Waals surface area contributed by atoms with E-state index in [2.05, 4.69) is 9.72 Å². The van der Waals surface area contributed by atoms with Crippen LogP contribution < -0.4 is 0 Å². The smallest absolute Gasteiger partial charge is 0.352 e. The molecule has 0 saturated heterocycles. The number of nitrogens with one attached hydrogen (secondary N) is 1. The van der Waals surface area contributed by atoms with Gasteiger partial charge in [0.2, 0.25) is 0 Å². The molecule has 0 aliphatic heterocycles. The van der Waals surface area contributed by atoms with Gasteiger partial charge in [-0.1, -0.05) is 0 Å². The number of aromatic nitrogens is 1. The number of carboxylic acid groups (broad SMARTS) is 1. The van der Waals surface area contributed by atoms with Crippen LogP contribution in [0.2, 0.25) is 0 Å². The molecule has 5 heteroatoms. The van der Waals surface area contributed by atoms with Gasteiger partial charge < -0.3 is 14.8 Å². The number of aromatic amines is 1. The van der Waals surface area contributed by atoms with Crippen molar-refractivity contribution >= 4 is 11.9 Å². The zero-order valence-corrected chi connectivity index (χ0v) is 8.11. The summed E-state index contributed by atoms with van der Waals surface area (Å²) in [5.74, 6) is -1.13. The van der Waals surface area contributed by atoms with Gasteiger partial charge in [-0.3, -0.25) is 4.79 Å². The summed E-state index contributed by atoms with van der Waals surface area (Å²) in [6.07, 6.45) is 1.57. The van der Waals surface area contributed by atoms with Crippen molar-refractivity contribution in [3.63, 3.8) is 0 Å². The van der Waals surface area contributed by atoms with E-state index in [1.807, 2.05) is 0 Å². The van der Waals surface area contributed by atoms with Crippen LogP contribution in [-0.4, -0.2) is 28.6 Å². The molecule has 14 heavy (non-hydrogen) atoms. The molecule has 0 saturated carbocycles. The molecule has 0 fully saturated rings. The molecular formula is C9H13NO4. The Labute approximate surface area is 81.7 Å².